The average molecular weight is 314 g/mol. The Labute approximate surface area is 133 Å². The second-order valence-electron chi connectivity index (χ2n) is 5.21. The van der Waals surface area contributed by atoms with Gasteiger partial charge in [-0.15, -0.1) is 0 Å². The van der Waals surface area contributed by atoms with Gasteiger partial charge in [-0.3, -0.25) is 14.8 Å². The van der Waals surface area contributed by atoms with Crippen molar-refractivity contribution in [2.75, 3.05) is 32.8 Å². The van der Waals surface area contributed by atoms with Crippen LogP contribution in [-0.2, 0) is 4.74 Å². The highest BCUT2D eigenvalue weighted by molar-refractivity contribution is 6.04. The van der Waals surface area contributed by atoms with Crippen molar-refractivity contribution in [1.82, 2.24) is 19.8 Å². The second kappa shape index (κ2) is 6.60. The Hall–Kier alpha value is -2.70. The summed E-state index contributed by atoms with van der Waals surface area (Å²) in [5.74, 6) is -0.0837. The van der Waals surface area contributed by atoms with Crippen molar-refractivity contribution < 1.29 is 14.3 Å². The molecule has 1 aromatic carbocycles. The highest BCUT2D eigenvalue weighted by atomic mass is 16.6. The summed E-state index contributed by atoms with van der Waals surface area (Å²) in [6.45, 7) is 4.04. The van der Waals surface area contributed by atoms with Gasteiger partial charge in [0.2, 0.25) is 0 Å². The van der Waals surface area contributed by atoms with Crippen LogP contribution in [0.1, 0.15) is 17.3 Å². The Morgan fingerprint density at radius 1 is 1.09 bits per heavy atom. The molecule has 0 spiro atoms. The Kier molecular flexibility index (Phi) is 4.36. The third-order valence-electron chi connectivity index (χ3n) is 3.82. The first-order valence-electron chi connectivity index (χ1n) is 7.61. The minimum atomic E-state index is -0.323. The lowest BCUT2D eigenvalue weighted by Crippen LogP contribution is -2.50. The van der Waals surface area contributed by atoms with Crippen molar-refractivity contribution in [2.24, 2.45) is 0 Å². The van der Waals surface area contributed by atoms with E-state index < -0.39 is 0 Å². The first-order chi connectivity index (χ1) is 11.2. The molecule has 23 heavy (non-hydrogen) atoms. The van der Waals surface area contributed by atoms with Crippen molar-refractivity contribution in [3.05, 3.63) is 36.2 Å². The molecule has 7 nitrogen and oxygen atoms in total. The maximum absolute atomic E-state index is 12.7. The molecule has 0 N–H and O–H groups in total. The van der Waals surface area contributed by atoms with E-state index >= 15 is 0 Å². The number of hydrogen-bond acceptors (Lipinski definition) is 5. The third kappa shape index (κ3) is 3.08. The topological polar surface area (TPSA) is 75.6 Å². The smallest absolute Gasteiger partial charge is 0.409 e. The quantitative estimate of drug-likeness (QED) is 0.840. The number of rotatable bonds is 2. The molecule has 1 fully saturated rings. The number of aromatic nitrogens is 2. The number of fused-ring (bicyclic) bond motifs is 1. The molecule has 1 aliphatic rings. The number of carbonyl (C=O) groups is 2. The zero-order valence-electron chi connectivity index (χ0n) is 12.9. The van der Waals surface area contributed by atoms with Gasteiger partial charge in [-0.1, -0.05) is 6.07 Å². The molecule has 3 rings (SSSR count). The van der Waals surface area contributed by atoms with Gasteiger partial charge in [-0.05, 0) is 19.1 Å². The van der Waals surface area contributed by atoms with E-state index in [1.54, 1.807) is 41.2 Å². The van der Waals surface area contributed by atoms with Gasteiger partial charge < -0.3 is 14.5 Å². The molecule has 1 aromatic heterocycles. The lowest BCUT2D eigenvalue weighted by molar-refractivity contribution is 0.0572. The average Bonchev–Trinajstić information content (AvgIpc) is 2.61. The number of ether oxygens (including phenoxy) is 1. The molecule has 120 valence electrons. The van der Waals surface area contributed by atoms with Crippen LogP contribution in [0.15, 0.2) is 30.6 Å². The molecule has 0 radical (unpaired) electrons. The Morgan fingerprint density at radius 3 is 2.52 bits per heavy atom. The summed E-state index contributed by atoms with van der Waals surface area (Å²) in [7, 11) is 0. The van der Waals surface area contributed by atoms with Crippen molar-refractivity contribution in [2.45, 2.75) is 6.92 Å². The summed E-state index contributed by atoms with van der Waals surface area (Å²) in [5, 5.41) is 0. The first-order valence-corrected chi connectivity index (χ1v) is 7.61. The van der Waals surface area contributed by atoms with Crippen LogP contribution in [0.3, 0.4) is 0 Å². The maximum Gasteiger partial charge on any atom is 0.409 e. The summed E-state index contributed by atoms with van der Waals surface area (Å²) in [5.41, 5.74) is 1.84. The Balaban J connectivity index is 1.73. The number of amides is 2. The Morgan fingerprint density at radius 2 is 1.78 bits per heavy atom. The van der Waals surface area contributed by atoms with Gasteiger partial charge >= 0.3 is 6.09 Å². The van der Waals surface area contributed by atoms with Gasteiger partial charge in [0.15, 0.2) is 0 Å². The van der Waals surface area contributed by atoms with Crippen LogP contribution in [0, 0.1) is 0 Å². The van der Waals surface area contributed by atoms with Crippen molar-refractivity contribution >= 4 is 23.0 Å². The lowest BCUT2D eigenvalue weighted by atomic mass is 10.1. The van der Waals surface area contributed by atoms with Gasteiger partial charge in [0.1, 0.15) is 5.52 Å². The molecule has 2 amide bonds. The number of hydrogen-bond donors (Lipinski definition) is 0. The number of nitrogens with zero attached hydrogens (tertiary/aromatic N) is 4. The number of piperazine rings is 1. The van der Waals surface area contributed by atoms with Gasteiger partial charge in [-0.2, -0.15) is 0 Å². The highest BCUT2D eigenvalue weighted by Gasteiger charge is 2.26. The lowest BCUT2D eigenvalue weighted by Gasteiger charge is -2.34. The molecule has 0 bridgehead atoms. The van der Waals surface area contributed by atoms with E-state index in [9.17, 15) is 9.59 Å². The monoisotopic (exact) mass is 314 g/mol. The second-order valence-corrected chi connectivity index (χ2v) is 5.21. The molecule has 2 heterocycles. The molecule has 0 aliphatic carbocycles. The zero-order chi connectivity index (χ0) is 16.2. The first kappa shape index (κ1) is 15.2. The fraction of sp³-hybridized carbons (Fsp3) is 0.375. The van der Waals surface area contributed by atoms with E-state index in [0.717, 1.165) is 0 Å². The van der Waals surface area contributed by atoms with Crippen LogP contribution in [0.25, 0.3) is 11.0 Å². The summed E-state index contributed by atoms with van der Waals surface area (Å²) in [6, 6.07) is 5.40. The summed E-state index contributed by atoms with van der Waals surface area (Å²) < 4.78 is 4.98. The van der Waals surface area contributed by atoms with Crippen LogP contribution in [0.4, 0.5) is 4.79 Å². The van der Waals surface area contributed by atoms with E-state index in [2.05, 4.69) is 9.97 Å². The minimum absolute atomic E-state index is 0.0837. The fourth-order valence-corrected chi connectivity index (χ4v) is 2.64. The summed E-state index contributed by atoms with van der Waals surface area (Å²) in [6.07, 6.45) is 2.86. The number of carbonyl (C=O) groups excluding carboxylic acids is 2. The predicted molar refractivity (Wildman–Crippen MR) is 84.0 cm³/mol. The van der Waals surface area contributed by atoms with Crippen molar-refractivity contribution in [1.29, 1.82) is 0 Å². The minimum Gasteiger partial charge on any atom is -0.450 e. The van der Waals surface area contributed by atoms with E-state index in [-0.39, 0.29) is 12.0 Å². The molecule has 1 aliphatic heterocycles. The predicted octanol–water partition coefficient (Wildman–Crippen LogP) is 1.54. The molecule has 0 unspecified atom stereocenters. The largest absolute Gasteiger partial charge is 0.450 e. The SMILES string of the molecule is CCOC(=O)N1CCN(C(=O)c2cccc3nccnc23)CC1. The van der Waals surface area contributed by atoms with Crippen molar-refractivity contribution in [3.63, 3.8) is 0 Å². The van der Waals surface area contributed by atoms with Gasteiger partial charge in [-0.25, -0.2) is 4.79 Å². The molecule has 0 atom stereocenters. The van der Waals surface area contributed by atoms with Crippen molar-refractivity contribution in [3.8, 4) is 0 Å². The van der Waals surface area contributed by atoms with Crippen LogP contribution in [0.5, 0.6) is 0 Å². The molecule has 7 heteroatoms. The van der Waals surface area contributed by atoms with Gasteiger partial charge in [0, 0.05) is 38.6 Å². The van der Waals surface area contributed by atoms with Gasteiger partial charge in [0.05, 0.1) is 17.7 Å². The maximum atomic E-state index is 12.7. The highest BCUT2D eigenvalue weighted by Crippen LogP contribution is 2.17. The molecular formula is C16H18N4O3. The summed E-state index contributed by atoms with van der Waals surface area (Å²) >= 11 is 0. The van der Waals surface area contributed by atoms with Crippen LogP contribution in [-0.4, -0.2) is 64.6 Å². The van der Waals surface area contributed by atoms with Crippen LogP contribution >= 0.6 is 0 Å². The van der Waals surface area contributed by atoms with E-state index in [4.69, 9.17) is 4.74 Å². The van der Waals surface area contributed by atoms with Crippen LogP contribution < -0.4 is 0 Å². The normalized spacial score (nSPS) is 14.8. The third-order valence-corrected chi connectivity index (χ3v) is 3.82. The zero-order valence-corrected chi connectivity index (χ0v) is 12.9. The number of para-hydroxylation sites is 1. The Bertz CT molecular complexity index is 721. The standard InChI is InChI=1S/C16H18N4O3/c1-2-23-16(22)20-10-8-19(9-11-20)15(21)12-4-3-5-13-14(12)18-7-6-17-13/h3-7H,2,8-11H2,1H3. The van der Waals surface area contributed by atoms with E-state index in [1.165, 1.54) is 0 Å². The molecule has 0 saturated carbocycles. The van der Waals surface area contributed by atoms with Gasteiger partial charge in [0.25, 0.3) is 5.91 Å². The fourth-order valence-electron chi connectivity index (χ4n) is 2.64. The molecule has 1 saturated heterocycles. The number of benzene rings is 1. The van der Waals surface area contributed by atoms with E-state index in [1.807, 2.05) is 6.07 Å². The summed E-state index contributed by atoms with van der Waals surface area (Å²) in [4.78, 5) is 36.3. The van der Waals surface area contributed by atoms with Crippen LogP contribution in [0.2, 0.25) is 0 Å². The van der Waals surface area contributed by atoms with E-state index in [0.29, 0.717) is 49.4 Å². The molecular weight excluding hydrogens is 296 g/mol. The molecule has 2 aromatic rings.